The van der Waals surface area contributed by atoms with Crippen molar-refractivity contribution in [3.05, 3.63) is 11.4 Å². The van der Waals surface area contributed by atoms with Crippen LogP contribution in [0.3, 0.4) is 0 Å². The Hall–Kier alpha value is -1.56. The normalized spacial score (nSPS) is 10.2. The summed E-state index contributed by atoms with van der Waals surface area (Å²) in [5, 5.41) is 9.16. The molecule has 0 amide bonds. The van der Waals surface area contributed by atoms with Crippen LogP contribution >= 0.6 is 11.3 Å². The molecule has 6 heteroatoms. The second-order valence-corrected chi connectivity index (χ2v) is 3.21. The van der Waals surface area contributed by atoms with Crippen LogP contribution in [0.2, 0.25) is 0 Å². The molecule has 0 aliphatic rings. The van der Waals surface area contributed by atoms with Crippen molar-refractivity contribution in [2.24, 2.45) is 0 Å². The van der Waals surface area contributed by atoms with Crippen LogP contribution in [-0.4, -0.2) is 17.3 Å². The van der Waals surface area contributed by atoms with Gasteiger partial charge >= 0.3 is 6.01 Å². The Balaban J connectivity index is 2.35. The molecule has 0 spiro atoms. The highest BCUT2D eigenvalue weighted by molar-refractivity contribution is 7.13. The average molecular weight is 197 g/mol. The molecule has 0 saturated carbocycles. The maximum absolute atomic E-state index is 5.29. The summed E-state index contributed by atoms with van der Waals surface area (Å²) < 4.78 is 10.1. The Labute approximate surface area is 78.1 Å². The van der Waals surface area contributed by atoms with Crippen molar-refractivity contribution in [1.82, 2.24) is 10.2 Å². The van der Waals surface area contributed by atoms with E-state index in [1.54, 1.807) is 7.11 Å². The van der Waals surface area contributed by atoms with Crippen molar-refractivity contribution in [2.75, 3.05) is 12.8 Å². The van der Waals surface area contributed by atoms with Gasteiger partial charge in [0.15, 0.2) is 0 Å². The van der Waals surface area contributed by atoms with E-state index in [0.29, 0.717) is 5.89 Å². The van der Waals surface area contributed by atoms with Crippen LogP contribution in [-0.2, 0) is 0 Å². The van der Waals surface area contributed by atoms with Gasteiger partial charge in [-0.3, -0.25) is 0 Å². The van der Waals surface area contributed by atoms with Gasteiger partial charge in [0.25, 0.3) is 5.89 Å². The zero-order valence-electron chi connectivity index (χ0n) is 6.85. The van der Waals surface area contributed by atoms with Crippen molar-refractivity contribution < 1.29 is 9.15 Å². The van der Waals surface area contributed by atoms with Gasteiger partial charge in [-0.15, -0.1) is 16.4 Å². The van der Waals surface area contributed by atoms with E-state index in [4.69, 9.17) is 14.9 Å². The van der Waals surface area contributed by atoms with E-state index in [1.165, 1.54) is 11.3 Å². The summed E-state index contributed by atoms with van der Waals surface area (Å²) >= 11 is 1.46. The summed E-state index contributed by atoms with van der Waals surface area (Å²) in [6, 6.07) is 1.89. The van der Waals surface area contributed by atoms with Gasteiger partial charge in [-0.2, -0.15) is 0 Å². The average Bonchev–Trinajstić information content (AvgIpc) is 2.71. The quantitative estimate of drug-likeness (QED) is 0.787. The number of nitrogens with two attached hydrogens (primary N) is 1. The van der Waals surface area contributed by atoms with Crippen molar-refractivity contribution in [3.8, 4) is 16.5 Å². The van der Waals surface area contributed by atoms with E-state index in [2.05, 4.69) is 10.2 Å². The maximum Gasteiger partial charge on any atom is 0.313 e. The molecule has 13 heavy (non-hydrogen) atoms. The second-order valence-electron chi connectivity index (χ2n) is 2.30. The van der Waals surface area contributed by atoms with Crippen LogP contribution in [0.5, 0.6) is 5.75 Å². The van der Waals surface area contributed by atoms with Gasteiger partial charge < -0.3 is 14.9 Å². The van der Waals surface area contributed by atoms with Gasteiger partial charge in [-0.25, -0.2) is 0 Å². The minimum atomic E-state index is 0.0716. The maximum atomic E-state index is 5.29. The van der Waals surface area contributed by atoms with Crippen LogP contribution in [0.25, 0.3) is 10.8 Å². The topological polar surface area (TPSA) is 74.2 Å². The number of nitrogens with zero attached hydrogens (tertiary/aromatic N) is 2. The first-order chi connectivity index (χ1) is 6.29. The van der Waals surface area contributed by atoms with Gasteiger partial charge in [0.1, 0.15) is 5.75 Å². The molecule has 2 aromatic heterocycles. The number of anilines is 1. The second kappa shape index (κ2) is 3.06. The minimum absolute atomic E-state index is 0.0716. The number of methoxy groups -OCH3 is 1. The first kappa shape index (κ1) is 8.06. The molecule has 0 aromatic carbocycles. The number of thiophene rings is 1. The minimum Gasteiger partial charge on any atom is -0.496 e. The third-order valence-corrected chi connectivity index (χ3v) is 2.36. The molecule has 2 heterocycles. The number of aromatic nitrogens is 2. The molecule has 0 fully saturated rings. The fourth-order valence-corrected chi connectivity index (χ4v) is 1.65. The lowest BCUT2D eigenvalue weighted by Crippen LogP contribution is -1.81. The zero-order valence-corrected chi connectivity index (χ0v) is 7.67. The van der Waals surface area contributed by atoms with Gasteiger partial charge in [0.2, 0.25) is 0 Å². The molecule has 5 nitrogen and oxygen atoms in total. The van der Waals surface area contributed by atoms with Crippen LogP contribution in [0.15, 0.2) is 15.9 Å². The Kier molecular flexibility index (Phi) is 1.90. The first-order valence-corrected chi connectivity index (χ1v) is 4.39. The molecule has 2 aromatic rings. The van der Waals surface area contributed by atoms with Crippen molar-refractivity contribution in [3.63, 3.8) is 0 Å². The molecule has 0 aliphatic carbocycles. The van der Waals surface area contributed by atoms with Crippen LogP contribution in [0, 0.1) is 0 Å². The molecule has 0 saturated heterocycles. The van der Waals surface area contributed by atoms with Gasteiger partial charge in [0.05, 0.1) is 12.0 Å². The van der Waals surface area contributed by atoms with E-state index >= 15 is 0 Å². The predicted molar refractivity (Wildman–Crippen MR) is 48.6 cm³/mol. The van der Waals surface area contributed by atoms with E-state index in [-0.39, 0.29) is 6.01 Å². The fourth-order valence-electron chi connectivity index (χ4n) is 0.872. The molecule has 2 N–H and O–H groups in total. The van der Waals surface area contributed by atoms with Gasteiger partial charge in [-0.1, -0.05) is 5.10 Å². The predicted octanol–water partition coefficient (Wildman–Crippen LogP) is 1.39. The lowest BCUT2D eigenvalue weighted by Gasteiger charge is -1.88. The zero-order chi connectivity index (χ0) is 9.26. The summed E-state index contributed by atoms with van der Waals surface area (Å²) in [5.41, 5.74) is 5.29. The number of rotatable bonds is 2. The standard InChI is InChI=1S/C7H7N3O2S/c1-11-4-2-5(13-3-4)6-9-10-7(8)12-6/h2-3H,1H3,(H2,8,10). The lowest BCUT2D eigenvalue weighted by atomic mass is 10.4. The van der Waals surface area contributed by atoms with Gasteiger partial charge in [-0.05, 0) is 0 Å². The Morgan fingerprint density at radius 2 is 2.38 bits per heavy atom. The largest absolute Gasteiger partial charge is 0.496 e. The molecule has 68 valence electrons. The van der Waals surface area contributed by atoms with Crippen molar-refractivity contribution >= 4 is 17.4 Å². The fraction of sp³-hybridized carbons (Fsp3) is 0.143. The summed E-state index contributed by atoms with van der Waals surface area (Å²) in [7, 11) is 1.61. The van der Waals surface area contributed by atoms with Crippen molar-refractivity contribution in [1.29, 1.82) is 0 Å². The summed E-state index contributed by atoms with van der Waals surface area (Å²) in [5.74, 6) is 1.20. The first-order valence-electron chi connectivity index (χ1n) is 3.51. The SMILES string of the molecule is COc1csc(-c2nnc(N)o2)c1. The smallest absolute Gasteiger partial charge is 0.313 e. The van der Waals surface area contributed by atoms with E-state index < -0.39 is 0 Å². The third kappa shape index (κ3) is 1.48. The molecule has 0 atom stereocenters. The number of hydrogen-bond donors (Lipinski definition) is 1. The highest BCUT2D eigenvalue weighted by Gasteiger charge is 2.09. The van der Waals surface area contributed by atoms with Crippen LogP contribution in [0.4, 0.5) is 6.01 Å². The molecule has 0 aliphatic heterocycles. The van der Waals surface area contributed by atoms with E-state index in [1.807, 2.05) is 11.4 Å². The molecule has 0 bridgehead atoms. The summed E-state index contributed by atoms with van der Waals surface area (Å²) in [6.07, 6.45) is 0. The molecule has 0 unspecified atom stereocenters. The molecular weight excluding hydrogens is 190 g/mol. The van der Waals surface area contributed by atoms with E-state index in [9.17, 15) is 0 Å². The van der Waals surface area contributed by atoms with Crippen LogP contribution in [0.1, 0.15) is 0 Å². The Morgan fingerprint density at radius 1 is 1.54 bits per heavy atom. The van der Waals surface area contributed by atoms with Crippen LogP contribution < -0.4 is 10.5 Å². The highest BCUT2D eigenvalue weighted by Crippen LogP contribution is 2.30. The Bertz CT molecular complexity index is 409. The monoisotopic (exact) mass is 197 g/mol. The molecule has 2 rings (SSSR count). The highest BCUT2D eigenvalue weighted by atomic mass is 32.1. The lowest BCUT2D eigenvalue weighted by molar-refractivity contribution is 0.416. The molecular formula is C7H7N3O2S. The summed E-state index contributed by atoms with van der Waals surface area (Å²) in [6.45, 7) is 0. The third-order valence-electron chi connectivity index (χ3n) is 1.46. The Morgan fingerprint density at radius 3 is 2.92 bits per heavy atom. The molecule has 0 radical (unpaired) electrons. The summed E-state index contributed by atoms with van der Waals surface area (Å²) in [4.78, 5) is 0.848. The van der Waals surface area contributed by atoms with E-state index in [0.717, 1.165) is 10.6 Å². The number of hydrogen-bond acceptors (Lipinski definition) is 6. The number of nitrogen functional groups attached to an aromatic ring is 1. The van der Waals surface area contributed by atoms with Gasteiger partial charge in [0, 0.05) is 11.4 Å². The van der Waals surface area contributed by atoms with Crippen molar-refractivity contribution in [2.45, 2.75) is 0 Å². The number of ether oxygens (including phenoxy) is 1.